The van der Waals surface area contributed by atoms with Crippen LogP contribution < -0.4 is 14.9 Å². The molecule has 3 rings (SSSR count). The summed E-state index contributed by atoms with van der Waals surface area (Å²) in [6.07, 6.45) is 1.59. The molecule has 1 aromatic carbocycles. The molecular formula is C17H21N5O3S. The number of aromatic nitrogens is 2. The number of benzene rings is 1. The van der Waals surface area contributed by atoms with E-state index in [1.807, 2.05) is 11.1 Å². The highest BCUT2D eigenvalue weighted by Crippen LogP contribution is 2.10. The standard InChI is InChI=1S/C17H21N5O3S/c1-14(23)26-13-16(24)18-17-12-22(19-25-17)21-9-7-20(8-10-21)11-15-5-3-2-4-6-15/h2-6,12H,7-11,13H2,1H3. The third kappa shape index (κ3) is 5.30. The molecule has 138 valence electrons. The summed E-state index contributed by atoms with van der Waals surface area (Å²) in [4.78, 5) is 18.7. The lowest BCUT2D eigenvalue weighted by atomic mass is 10.2. The predicted octanol–water partition coefficient (Wildman–Crippen LogP) is 0.0859. The van der Waals surface area contributed by atoms with Crippen molar-refractivity contribution in [3.63, 3.8) is 0 Å². The number of rotatable bonds is 6. The van der Waals surface area contributed by atoms with E-state index in [9.17, 15) is 9.90 Å². The molecule has 0 spiro atoms. The van der Waals surface area contributed by atoms with Gasteiger partial charge in [0.2, 0.25) is 5.27 Å². The largest absolute Gasteiger partial charge is 0.861 e. The molecule has 1 aliphatic rings. The SMILES string of the molecule is CC(=O)SCC([O-])=Nc1c[n+](N2CCN(Cc3ccccc3)CC2)no1. The van der Waals surface area contributed by atoms with Crippen molar-refractivity contribution in [1.82, 2.24) is 10.2 Å². The van der Waals surface area contributed by atoms with Crippen LogP contribution in [0.4, 0.5) is 5.88 Å². The van der Waals surface area contributed by atoms with Crippen molar-refractivity contribution in [3.8, 4) is 0 Å². The van der Waals surface area contributed by atoms with Gasteiger partial charge >= 0.3 is 5.88 Å². The van der Waals surface area contributed by atoms with Crippen LogP contribution >= 0.6 is 11.8 Å². The fourth-order valence-electron chi connectivity index (χ4n) is 2.67. The van der Waals surface area contributed by atoms with E-state index in [0.717, 1.165) is 44.5 Å². The second kappa shape index (κ2) is 8.81. The number of carbonyl (C=O) groups is 1. The van der Waals surface area contributed by atoms with Crippen LogP contribution in [0.5, 0.6) is 0 Å². The van der Waals surface area contributed by atoms with Gasteiger partial charge in [-0.25, -0.2) is 4.99 Å². The van der Waals surface area contributed by atoms with Crippen LogP contribution in [-0.2, 0) is 11.3 Å². The summed E-state index contributed by atoms with van der Waals surface area (Å²) in [6, 6.07) is 10.4. The highest BCUT2D eigenvalue weighted by atomic mass is 32.2. The molecule has 0 amide bonds. The number of hydrogen-bond donors (Lipinski definition) is 0. The Bertz CT molecular complexity index is 757. The van der Waals surface area contributed by atoms with Gasteiger partial charge in [-0.2, -0.15) is 5.01 Å². The van der Waals surface area contributed by atoms with E-state index < -0.39 is 5.90 Å². The molecule has 1 fully saturated rings. The maximum Gasteiger partial charge on any atom is 0.324 e. The number of hydrogen-bond acceptors (Lipinski definition) is 8. The molecule has 0 bridgehead atoms. The molecule has 2 heterocycles. The lowest BCUT2D eigenvalue weighted by Crippen LogP contribution is -2.65. The Hall–Kier alpha value is -2.39. The number of piperazine rings is 1. The number of aliphatic imine (C=N–C) groups is 1. The molecule has 0 saturated carbocycles. The van der Waals surface area contributed by atoms with Gasteiger partial charge in [-0.3, -0.25) is 14.2 Å². The van der Waals surface area contributed by atoms with E-state index in [1.54, 1.807) is 11.0 Å². The third-order valence-corrected chi connectivity index (χ3v) is 4.76. The molecule has 0 atom stereocenters. The summed E-state index contributed by atoms with van der Waals surface area (Å²) in [5.74, 6) is -0.263. The first-order chi connectivity index (χ1) is 12.6. The minimum atomic E-state index is -0.416. The van der Waals surface area contributed by atoms with E-state index in [4.69, 9.17) is 4.52 Å². The molecule has 8 nitrogen and oxygen atoms in total. The summed E-state index contributed by atoms with van der Waals surface area (Å²) in [6.45, 7) is 5.78. The molecule has 2 aromatic rings. The van der Waals surface area contributed by atoms with Crippen LogP contribution in [0, 0.1) is 0 Å². The Kier molecular flexibility index (Phi) is 6.24. The number of carbonyl (C=O) groups excluding carboxylic acids is 1. The van der Waals surface area contributed by atoms with Crippen LogP contribution in [-0.4, -0.2) is 53.1 Å². The minimum Gasteiger partial charge on any atom is -0.861 e. The van der Waals surface area contributed by atoms with Gasteiger partial charge in [0.05, 0.1) is 17.9 Å². The van der Waals surface area contributed by atoms with Crippen LogP contribution in [0.25, 0.3) is 0 Å². The molecule has 1 aliphatic heterocycles. The highest BCUT2D eigenvalue weighted by molar-refractivity contribution is 8.14. The van der Waals surface area contributed by atoms with Crippen molar-refractivity contribution in [2.45, 2.75) is 13.5 Å². The first-order valence-electron chi connectivity index (χ1n) is 8.38. The fourth-order valence-corrected chi connectivity index (χ4v) is 3.06. The lowest BCUT2D eigenvalue weighted by Gasteiger charge is -2.29. The first-order valence-corrected chi connectivity index (χ1v) is 9.37. The Labute approximate surface area is 156 Å². The van der Waals surface area contributed by atoms with Crippen molar-refractivity contribution >= 4 is 28.7 Å². The van der Waals surface area contributed by atoms with Crippen molar-refractivity contribution < 1.29 is 19.2 Å². The van der Waals surface area contributed by atoms with Gasteiger partial charge in [0.1, 0.15) is 0 Å². The zero-order chi connectivity index (χ0) is 18.4. The first kappa shape index (κ1) is 18.4. The number of thioether (sulfide) groups is 1. The van der Waals surface area contributed by atoms with Gasteiger partial charge in [0.15, 0.2) is 5.12 Å². The topological polar surface area (TPSA) is 88.9 Å². The van der Waals surface area contributed by atoms with E-state index in [-0.39, 0.29) is 16.8 Å². The van der Waals surface area contributed by atoms with Crippen LogP contribution in [0.15, 0.2) is 46.0 Å². The molecular weight excluding hydrogens is 354 g/mol. The molecule has 9 heteroatoms. The van der Waals surface area contributed by atoms with E-state index in [1.165, 1.54) is 12.5 Å². The second-order valence-electron chi connectivity index (χ2n) is 5.96. The Morgan fingerprint density at radius 3 is 2.73 bits per heavy atom. The Morgan fingerprint density at radius 2 is 2.04 bits per heavy atom. The fraction of sp³-hybridized carbons (Fsp3) is 0.412. The molecule has 0 N–H and O–H groups in total. The van der Waals surface area contributed by atoms with Crippen LogP contribution in [0.3, 0.4) is 0 Å². The average Bonchev–Trinajstić information content (AvgIpc) is 3.10. The molecule has 1 saturated heterocycles. The van der Waals surface area contributed by atoms with Gasteiger partial charge in [-0.1, -0.05) is 42.1 Å². The van der Waals surface area contributed by atoms with Gasteiger partial charge < -0.3 is 5.11 Å². The summed E-state index contributed by atoms with van der Waals surface area (Å²) >= 11 is 0.927. The van der Waals surface area contributed by atoms with Crippen LogP contribution in [0.1, 0.15) is 12.5 Å². The monoisotopic (exact) mass is 375 g/mol. The maximum absolute atomic E-state index is 11.7. The second-order valence-corrected chi connectivity index (χ2v) is 7.11. The highest BCUT2D eigenvalue weighted by Gasteiger charge is 2.25. The minimum absolute atomic E-state index is 0.00813. The predicted molar refractivity (Wildman–Crippen MR) is 96.6 cm³/mol. The van der Waals surface area contributed by atoms with Crippen molar-refractivity contribution in [3.05, 3.63) is 42.1 Å². The van der Waals surface area contributed by atoms with E-state index in [2.05, 4.69) is 39.4 Å². The normalized spacial score (nSPS) is 16.0. The summed E-state index contributed by atoms with van der Waals surface area (Å²) < 4.78 is 5.09. The quantitative estimate of drug-likeness (QED) is 0.401. The molecule has 26 heavy (non-hydrogen) atoms. The third-order valence-electron chi connectivity index (χ3n) is 3.97. The Morgan fingerprint density at radius 1 is 1.31 bits per heavy atom. The van der Waals surface area contributed by atoms with Gasteiger partial charge in [0.25, 0.3) is 6.20 Å². The summed E-state index contributed by atoms with van der Waals surface area (Å²) in [5.41, 5.74) is 1.30. The smallest absolute Gasteiger partial charge is 0.324 e. The Balaban J connectivity index is 1.51. The van der Waals surface area contributed by atoms with Gasteiger partial charge in [-0.05, 0) is 11.5 Å². The lowest BCUT2D eigenvalue weighted by molar-refractivity contribution is -0.759. The summed E-state index contributed by atoms with van der Waals surface area (Å²) in [5, 5.41) is 17.5. The molecule has 0 aliphatic carbocycles. The van der Waals surface area contributed by atoms with E-state index >= 15 is 0 Å². The zero-order valence-corrected chi connectivity index (χ0v) is 15.4. The van der Waals surface area contributed by atoms with Crippen LogP contribution in [0.2, 0.25) is 0 Å². The maximum atomic E-state index is 11.7. The van der Waals surface area contributed by atoms with Gasteiger partial charge in [-0.15, -0.1) is 0 Å². The zero-order valence-electron chi connectivity index (χ0n) is 14.6. The van der Waals surface area contributed by atoms with Crippen molar-refractivity contribution in [1.29, 1.82) is 0 Å². The molecule has 0 unspecified atom stereocenters. The molecule has 1 aromatic heterocycles. The van der Waals surface area contributed by atoms with Gasteiger partial charge in [0, 0.05) is 32.3 Å². The van der Waals surface area contributed by atoms with Crippen molar-refractivity contribution in [2.75, 3.05) is 36.9 Å². The van der Waals surface area contributed by atoms with E-state index in [0.29, 0.717) is 0 Å². The van der Waals surface area contributed by atoms with Crippen molar-refractivity contribution in [2.24, 2.45) is 4.99 Å². The summed E-state index contributed by atoms with van der Waals surface area (Å²) in [7, 11) is 0. The molecule has 0 radical (unpaired) electrons. The average molecular weight is 375 g/mol. The number of nitrogens with zero attached hydrogens (tertiary/aromatic N) is 5.